The minimum atomic E-state index is -0.853. The molecule has 0 saturated heterocycles. The Bertz CT molecular complexity index is 673. The molecule has 0 spiro atoms. The van der Waals surface area contributed by atoms with Crippen molar-refractivity contribution in [1.82, 2.24) is 4.90 Å². The highest BCUT2D eigenvalue weighted by Crippen LogP contribution is 2.28. The second-order valence-electron chi connectivity index (χ2n) is 6.28. The van der Waals surface area contributed by atoms with Gasteiger partial charge in [-0.1, -0.05) is 19.9 Å². The Balaban J connectivity index is 2.29. The van der Waals surface area contributed by atoms with E-state index < -0.39 is 23.0 Å². The molecule has 0 fully saturated rings. The van der Waals surface area contributed by atoms with Gasteiger partial charge in [-0.2, -0.15) is 0 Å². The first-order valence-electron chi connectivity index (χ1n) is 8.19. The SMILES string of the molecule is CCOC(=O)C1Cc2cc([N+](=O)[O-])ccc2CN1C(=O)OCC(C)C. The van der Waals surface area contributed by atoms with Crippen LogP contribution in [-0.4, -0.2) is 41.1 Å². The van der Waals surface area contributed by atoms with Crippen LogP contribution in [0, 0.1) is 16.0 Å². The fraction of sp³-hybridized carbons (Fsp3) is 0.529. The molecule has 25 heavy (non-hydrogen) atoms. The number of rotatable bonds is 5. The number of non-ortho nitro benzene ring substituents is 1. The predicted octanol–water partition coefficient (Wildman–Crippen LogP) is 2.68. The number of nitro benzene ring substituents is 1. The number of amides is 1. The third kappa shape index (κ3) is 4.46. The van der Waals surface area contributed by atoms with Gasteiger partial charge in [0, 0.05) is 18.6 Å². The summed E-state index contributed by atoms with van der Waals surface area (Å²) in [6, 6.07) is 3.59. The fourth-order valence-electron chi connectivity index (χ4n) is 2.64. The van der Waals surface area contributed by atoms with Gasteiger partial charge in [-0.15, -0.1) is 0 Å². The van der Waals surface area contributed by atoms with Crippen LogP contribution in [0.15, 0.2) is 18.2 Å². The predicted molar refractivity (Wildman–Crippen MR) is 89.0 cm³/mol. The average Bonchev–Trinajstić information content (AvgIpc) is 2.58. The van der Waals surface area contributed by atoms with Crippen LogP contribution < -0.4 is 0 Å². The minimum Gasteiger partial charge on any atom is -0.464 e. The van der Waals surface area contributed by atoms with E-state index >= 15 is 0 Å². The van der Waals surface area contributed by atoms with Crippen molar-refractivity contribution >= 4 is 17.7 Å². The van der Waals surface area contributed by atoms with Gasteiger partial charge in [0.25, 0.3) is 5.69 Å². The van der Waals surface area contributed by atoms with Gasteiger partial charge in [-0.05, 0) is 24.0 Å². The molecule has 0 aromatic heterocycles. The molecule has 136 valence electrons. The molecule has 8 nitrogen and oxygen atoms in total. The highest BCUT2D eigenvalue weighted by Gasteiger charge is 2.37. The second kappa shape index (κ2) is 7.96. The summed E-state index contributed by atoms with van der Waals surface area (Å²) in [5.41, 5.74) is 1.38. The van der Waals surface area contributed by atoms with Gasteiger partial charge >= 0.3 is 12.1 Å². The molecule has 0 saturated carbocycles. The van der Waals surface area contributed by atoms with E-state index in [1.54, 1.807) is 13.0 Å². The van der Waals surface area contributed by atoms with Crippen LogP contribution in [-0.2, 0) is 27.2 Å². The van der Waals surface area contributed by atoms with Gasteiger partial charge < -0.3 is 9.47 Å². The standard InChI is InChI=1S/C17H22N2O6/c1-4-24-16(20)15-8-13-7-14(19(22)23)6-5-12(13)9-18(15)17(21)25-10-11(2)3/h5-7,11,15H,4,8-10H2,1-3H3. The molecule has 1 aromatic rings. The van der Waals surface area contributed by atoms with Gasteiger partial charge in [0.15, 0.2) is 0 Å². The number of hydrogen-bond acceptors (Lipinski definition) is 6. The van der Waals surface area contributed by atoms with Gasteiger partial charge in [-0.25, -0.2) is 9.59 Å². The number of ether oxygens (including phenoxy) is 2. The van der Waals surface area contributed by atoms with Crippen LogP contribution in [0.2, 0.25) is 0 Å². The molecule has 0 bridgehead atoms. The molecule has 2 rings (SSSR count). The minimum absolute atomic E-state index is 0.0443. The molecule has 1 amide bonds. The summed E-state index contributed by atoms with van der Waals surface area (Å²) >= 11 is 0. The molecule has 1 aromatic carbocycles. The first-order valence-corrected chi connectivity index (χ1v) is 8.19. The van der Waals surface area contributed by atoms with Crippen molar-refractivity contribution in [1.29, 1.82) is 0 Å². The first-order chi connectivity index (χ1) is 11.8. The van der Waals surface area contributed by atoms with Gasteiger partial charge in [0.2, 0.25) is 0 Å². The highest BCUT2D eigenvalue weighted by atomic mass is 16.6. The molecule has 8 heteroatoms. The molecule has 0 aliphatic carbocycles. The van der Waals surface area contributed by atoms with Crippen molar-refractivity contribution in [2.45, 2.75) is 39.8 Å². The number of nitrogens with zero attached hydrogens (tertiary/aromatic N) is 2. The maximum Gasteiger partial charge on any atom is 0.410 e. The van der Waals surface area contributed by atoms with E-state index in [-0.39, 0.29) is 37.8 Å². The molecular formula is C17H22N2O6. The zero-order valence-corrected chi connectivity index (χ0v) is 14.6. The quantitative estimate of drug-likeness (QED) is 0.460. The first kappa shape index (κ1) is 18.7. The maximum absolute atomic E-state index is 12.4. The normalized spacial score (nSPS) is 16.3. The zero-order chi connectivity index (χ0) is 18.6. The smallest absolute Gasteiger partial charge is 0.410 e. The van der Waals surface area contributed by atoms with E-state index in [2.05, 4.69) is 0 Å². The summed E-state index contributed by atoms with van der Waals surface area (Å²) in [6.07, 6.45) is -0.428. The van der Waals surface area contributed by atoms with Gasteiger partial charge in [-0.3, -0.25) is 15.0 Å². The lowest BCUT2D eigenvalue weighted by Gasteiger charge is -2.34. The number of hydrogen-bond donors (Lipinski definition) is 0. The number of nitro groups is 1. The van der Waals surface area contributed by atoms with E-state index in [1.165, 1.54) is 17.0 Å². The number of carbonyl (C=O) groups excluding carboxylic acids is 2. The Morgan fingerprint density at radius 1 is 1.32 bits per heavy atom. The van der Waals surface area contributed by atoms with Crippen LogP contribution in [0.3, 0.4) is 0 Å². The largest absolute Gasteiger partial charge is 0.464 e. The highest BCUT2D eigenvalue weighted by molar-refractivity contribution is 5.82. The van der Waals surface area contributed by atoms with Crippen molar-refractivity contribution in [3.63, 3.8) is 0 Å². The monoisotopic (exact) mass is 350 g/mol. The average molecular weight is 350 g/mol. The van der Waals surface area contributed by atoms with Crippen molar-refractivity contribution in [3.8, 4) is 0 Å². The Morgan fingerprint density at radius 3 is 2.64 bits per heavy atom. The third-order valence-electron chi connectivity index (χ3n) is 3.86. The maximum atomic E-state index is 12.4. The molecule has 0 radical (unpaired) electrons. The molecular weight excluding hydrogens is 328 g/mol. The van der Waals surface area contributed by atoms with E-state index in [0.29, 0.717) is 5.56 Å². The summed E-state index contributed by atoms with van der Waals surface area (Å²) in [4.78, 5) is 36.5. The summed E-state index contributed by atoms with van der Waals surface area (Å²) in [7, 11) is 0. The number of esters is 1. The van der Waals surface area contributed by atoms with Gasteiger partial charge in [0.1, 0.15) is 6.04 Å². The molecule has 1 atom stereocenters. The molecule has 1 heterocycles. The number of benzene rings is 1. The summed E-state index contributed by atoms with van der Waals surface area (Å²) in [5, 5.41) is 11.0. The fourth-order valence-corrected chi connectivity index (χ4v) is 2.64. The van der Waals surface area contributed by atoms with E-state index in [0.717, 1.165) is 5.56 Å². The topological polar surface area (TPSA) is 99.0 Å². The van der Waals surface area contributed by atoms with Crippen LogP contribution in [0.25, 0.3) is 0 Å². The van der Waals surface area contributed by atoms with Crippen molar-refractivity contribution < 1.29 is 24.0 Å². The van der Waals surface area contributed by atoms with E-state index in [1.807, 2.05) is 13.8 Å². The zero-order valence-electron chi connectivity index (χ0n) is 14.6. The van der Waals surface area contributed by atoms with Crippen LogP contribution in [0.5, 0.6) is 0 Å². The second-order valence-corrected chi connectivity index (χ2v) is 6.28. The number of carbonyl (C=O) groups is 2. The Labute approximate surface area is 145 Å². The molecule has 1 aliphatic heterocycles. The summed E-state index contributed by atoms with van der Waals surface area (Å²) in [6.45, 7) is 6.10. The van der Waals surface area contributed by atoms with E-state index in [9.17, 15) is 19.7 Å². The Hall–Kier alpha value is -2.64. The Kier molecular flexibility index (Phi) is 5.95. The third-order valence-corrected chi connectivity index (χ3v) is 3.86. The summed E-state index contributed by atoms with van der Waals surface area (Å²) < 4.78 is 10.3. The van der Waals surface area contributed by atoms with Crippen LogP contribution in [0.1, 0.15) is 31.9 Å². The lowest BCUT2D eigenvalue weighted by atomic mass is 9.93. The van der Waals surface area contributed by atoms with Crippen molar-refractivity contribution in [3.05, 3.63) is 39.4 Å². The van der Waals surface area contributed by atoms with Crippen molar-refractivity contribution in [2.24, 2.45) is 5.92 Å². The van der Waals surface area contributed by atoms with E-state index in [4.69, 9.17) is 9.47 Å². The van der Waals surface area contributed by atoms with Crippen molar-refractivity contribution in [2.75, 3.05) is 13.2 Å². The lowest BCUT2D eigenvalue weighted by molar-refractivity contribution is -0.384. The number of fused-ring (bicyclic) bond motifs is 1. The van der Waals surface area contributed by atoms with Gasteiger partial charge in [0.05, 0.1) is 24.7 Å². The molecule has 1 unspecified atom stereocenters. The lowest BCUT2D eigenvalue weighted by Crippen LogP contribution is -2.49. The molecule has 0 N–H and O–H groups in total. The van der Waals surface area contributed by atoms with Crippen LogP contribution >= 0.6 is 0 Å². The Morgan fingerprint density at radius 2 is 2.04 bits per heavy atom. The summed E-state index contributed by atoms with van der Waals surface area (Å²) in [5.74, 6) is -0.370. The molecule has 1 aliphatic rings. The van der Waals surface area contributed by atoms with Crippen LogP contribution in [0.4, 0.5) is 10.5 Å².